The van der Waals surface area contributed by atoms with Gasteiger partial charge in [-0.15, -0.1) is 0 Å². The van der Waals surface area contributed by atoms with Gasteiger partial charge in [0.1, 0.15) is 5.82 Å². The van der Waals surface area contributed by atoms with E-state index < -0.39 is 11.2 Å². The monoisotopic (exact) mass is 268 g/mol. The van der Waals surface area contributed by atoms with Gasteiger partial charge in [-0.2, -0.15) is 0 Å². The van der Waals surface area contributed by atoms with Crippen LogP contribution in [0.3, 0.4) is 0 Å². The molecule has 0 saturated heterocycles. The Kier molecular flexibility index (Phi) is 4.40. The van der Waals surface area contributed by atoms with Gasteiger partial charge in [-0.05, 0) is 31.9 Å². The fraction of sp³-hybridized carbons (Fsp3) is 0.385. The van der Waals surface area contributed by atoms with E-state index in [2.05, 4.69) is 5.32 Å². The first kappa shape index (κ1) is 14.6. The van der Waals surface area contributed by atoms with Crippen molar-refractivity contribution in [2.24, 2.45) is 11.1 Å². The van der Waals surface area contributed by atoms with Gasteiger partial charge in [-0.1, -0.05) is 31.3 Å². The maximum atomic E-state index is 13.6. The molecule has 1 aromatic carbocycles. The fourth-order valence-corrected chi connectivity index (χ4v) is 1.73. The zero-order valence-corrected chi connectivity index (χ0v) is 11.5. The van der Waals surface area contributed by atoms with Crippen LogP contribution in [0.15, 0.2) is 18.2 Å². The van der Waals surface area contributed by atoms with Crippen molar-refractivity contribution in [1.29, 1.82) is 0 Å². The molecule has 18 heavy (non-hydrogen) atoms. The van der Waals surface area contributed by atoms with Crippen molar-refractivity contribution >= 4 is 28.8 Å². The summed E-state index contributed by atoms with van der Waals surface area (Å²) in [4.78, 5) is 12.3. The molecule has 1 unspecified atom stereocenters. The van der Waals surface area contributed by atoms with E-state index >= 15 is 0 Å². The van der Waals surface area contributed by atoms with Gasteiger partial charge in [0.05, 0.1) is 16.1 Å². The number of nitrogens with two attached hydrogens (primary N) is 1. The summed E-state index contributed by atoms with van der Waals surface area (Å²) in [6, 6.07) is 4.61. The van der Waals surface area contributed by atoms with Crippen LogP contribution in [0.1, 0.15) is 25.8 Å². The quantitative estimate of drug-likeness (QED) is 0.826. The minimum atomic E-state index is -0.968. The van der Waals surface area contributed by atoms with Crippen LogP contribution >= 0.6 is 12.2 Å². The highest BCUT2D eigenvalue weighted by Gasteiger charge is 2.35. The van der Waals surface area contributed by atoms with Crippen LogP contribution in [0.5, 0.6) is 0 Å². The zero-order valence-electron chi connectivity index (χ0n) is 10.7. The lowest BCUT2D eigenvalue weighted by Crippen LogP contribution is -2.43. The predicted molar refractivity (Wildman–Crippen MR) is 75.0 cm³/mol. The third-order valence-corrected chi connectivity index (χ3v) is 3.66. The Morgan fingerprint density at radius 3 is 2.61 bits per heavy atom. The summed E-state index contributed by atoms with van der Waals surface area (Å²) in [7, 11) is 0. The Balaban J connectivity index is 3.05. The van der Waals surface area contributed by atoms with Crippen LogP contribution in [0, 0.1) is 18.2 Å². The standard InChI is InChI=1S/C13H17FN2OS/c1-4-13(3,11(15)18)12(17)16-10-8(2)6-5-7-9(10)14/h5-7H,4H2,1-3H3,(H2,15,18)(H,16,17). The van der Waals surface area contributed by atoms with Gasteiger partial charge >= 0.3 is 0 Å². The first-order valence-electron chi connectivity index (χ1n) is 5.69. The molecule has 0 fully saturated rings. The highest BCUT2D eigenvalue weighted by atomic mass is 32.1. The van der Waals surface area contributed by atoms with Gasteiger partial charge in [-0.3, -0.25) is 4.79 Å². The molecule has 1 rings (SSSR count). The molecule has 0 saturated carbocycles. The number of anilines is 1. The second-order valence-corrected chi connectivity index (χ2v) is 4.88. The molecule has 3 N–H and O–H groups in total. The summed E-state index contributed by atoms with van der Waals surface area (Å²) in [5.74, 6) is -0.851. The molecule has 0 aliphatic carbocycles. The van der Waals surface area contributed by atoms with Crippen LogP contribution in [0.25, 0.3) is 0 Å². The molecular formula is C13H17FN2OS. The van der Waals surface area contributed by atoms with Gasteiger partial charge in [-0.25, -0.2) is 4.39 Å². The van der Waals surface area contributed by atoms with E-state index in [0.717, 1.165) is 0 Å². The number of carbonyl (C=O) groups is 1. The third-order valence-electron chi connectivity index (χ3n) is 3.21. The lowest BCUT2D eigenvalue weighted by Gasteiger charge is -2.26. The number of carbonyl (C=O) groups excluding carboxylic acids is 1. The maximum Gasteiger partial charge on any atom is 0.237 e. The van der Waals surface area contributed by atoms with Gasteiger partial charge in [0, 0.05) is 0 Å². The Labute approximate surface area is 112 Å². The fourth-order valence-electron chi connectivity index (χ4n) is 1.49. The summed E-state index contributed by atoms with van der Waals surface area (Å²) in [6.45, 7) is 5.19. The highest BCUT2D eigenvalue weighted by molar-refractivity contribution is 7.80. The number of aryl methyl sites for hydroxylation is 1. The van der Waals surface area contributed by atoms with Crippen molar-refractivity contribution in [2.45, 2.75) is 27.2 Å². The molecule has 0 radical (unpaired) electrons. The summed E-state index contributed by atoms with van der Waals surface area (Å²) in [5.41, 5.74) is 5.46. The van der Waals surface area contributed by atoms with E-state index in [0.29, 0.717) is 12.0 Å². The van der Waals surface area contributed by atoms with Gasteiger partial charge in [0.2, 0.25) is 5.91 Å². The SMILES string of the molecule is CCC(C)(C(=O)Nc1c(C)cccc1F)C(N)=S. The van der Waals surface area contributed by atoms with Gasteiger partial charge in [0.25, 0.3) is 0 Å². The predicted octanol–water partition coefficient (Wildman–Crippen LogP) is 2.78. The Morgan fingerprint density at radius 1 is 1.56 bits per heavy atom. The summed E-state index contributed by atoms with van der Waals surface area (Å²) in [5, 5.41) is 2.57. The van der Waals surface area contributed by atoms with Crippen molar-refractivity contribution in [3.05, 3.63) is 29.6 Å². The molecule has 98 valence electrons. The van der Waals surface area contributed by atoms with E-state index in [1.165, 1.54) is 6.07 Å². The van der Waals surface area contributed by atoms with Crippen LogP contribution in [0.2, 0.25) is 0 Å². The first-order chi connectivity index (χ1) is 8.32. The second-order valence-electron chi connectivity index (χ2n) is 4.44. The third kappa shape index (κ3) is 2.67. The van der Waals surface area contributed by atoms with Crippen LogP contribution in [0.4, 0.5) is 10.1 Å². The van der Waals surface area contributed by atoms with Crippen molar-refractivity contribution in [2.75, 3.05) is 5.32 Å². The summed E-state index contributed by atoms with van der Waals surface area (Å²) in [6.07, 6.45) is 0.460. The average molecular weight is 268 g/mol. The number of benzene rings is 1. The molecule has 0 aromatic heterocycles. The second kappa shape index (κ2) is 5.44. The van der Waals surface area contributed by atoms with E-state index in [-0.39, 0.29) is 16.6 Å². The van der Waals surface area contributed by atoms with Crippen molar-refractivity contribution in [3.8, 4) is 0 Å². The number of hydrogen-bond acceptors (Lipinski definition) is 2. The highest BCUT2D eigenvalue weighted by Crippen LogP contribution is 2.26. The first-order valence-corrected chi connectivity index (χ1v) is 6.10. The summed E-state index contributed by atoms with van der Waals surface area (Å²) >= 11 is 4.91. The molecule has 0 spiro atoms. The van der Waals surface area contributed by atoms with Gasteiger partial charge in [0.15, 0.2) is 0 Å². The summed E-state index contributed by atoms with van der Waals surface area (Å²) < 4.78 is 13.6. The normalized spacial score (nSPS) is 13.8. The molecule has 0 bridgehead atoms. The Morgan fingerprint density at radius 2 is 2.17 bits per heavy atom. The number of halogens is 1. The minimum absolute atomic E-state index is 0.108. The smallest absolute Gasteiger partial charge is 0.237 e. The zero-order chi connectivity index (χ0) is 13.9. The number of rotatable bonds is 4. The van der Waals surface area contributed by atoms with E-state index in [4.69, 9.17) is 18.0 Å². The maximum absolute atomic E-state index is 13.6. The van der Waals surface area contributed by atoms with Crippen LogP contribution in [-0.4, -0.2) is 10.9 Å². The average Bonchev–Trinajstić information content (AvgIpc) is 2.32. The van der Waals surface area contributed by atoms with E-state index in [9.17, 15) is 9.18 Å². The number of para-hydroxylation sites is 1. The molecule has 0 aliphatic heterocycles. The van der Waals surface area contributed by atoms with E-state index in [1.807, 2.05) is 6.92 Å². The molecule has 1 aromatic rings. The topological polar surface area (TPSA) is 55.1 Å². The molecular weight excluding hydrogens is 251 g/mol. The van der Waals surface area contributed by atoms with Gasteiger partial charge < -0.3 is 11.1 Å². The molecule has 1 amide bonds. The molecule has 3 nitrogen and oxygen atoms in total. The van der Waals surface area contributed by atoms with E-state index in [1.54, 1.807) is 26.0 Å². The molecule has 0 aliphatic rings. The van der Waals surface area contributed by atoms with Crippen molar-refractivity contribution in [3.63, 3.8) is 0 Å². The van der Waals surface area contributed by atoms with Crippen molar-refractivity contribution < 1.29 is 9.18 Å². The molecule has 5 heteroatoms. The number of thiocarbonyl (C=S) groups is 1. The van der Waals surface area contributed by atoms with Crippen molar-refractivity contribution in [1.82, 2.24) is 0 Å². The van der Waals surface area contributed by atoms with Crippen LogP contribution in [-0.2, 0) is 4.79 Å². The Bertz CT molecular complexity index is 470. The number of nitrogens with one attached hydrogen (secondary N) is 1. The lowest BCUT2D eigenvalue weighted by atomic mass is 9.86. The number of amides is 1. The molecule has 0 heterocycles. The Hall–Kier alpha value is -1.49. The number of hydrogen-bond donors (Lipinski definition) is 2. The molecule has 1 atom stereocenters. The van der Waals surface area contributed by atoms with Crippen LogP contribution < -0.4 is 11.1 Å². The largest absolute Gasteiger partial charge is 0.392 e. The minimum Gasteiger partial charge on any atom is -0.392 e. The lowest BCUT2D eigenvalue weighted by molar-refractivity contribution is -0.121.